The molecule has 2 N–H and O–H groups in total. The van der Waals surface area contributed by atoms with Crippen LogP contribution in [-0.2, 0) is 0 Å². The molecule has 3 aromatic rings. The molecule has 0 aliphatic rings. The van der Waals surface area contributed by atoms with Gasteiger partial charge in [-0.15, -0.1) is 13.2 Å². The standard InChI is InChI=1S/C19H15F3N2O3/c1-10-11(2)17(25)24-16-9-13(5-8-15(10)16)23-18(26)12-3-6-14(7-4-12)27-19(20,21)22/h3-9H,1-2H3,(H,23,26)(H,24,25). The van der Waals surface area contributed by atoms with Gasteiger partial charge in [0.2, 0.25) is 0 Å². The number of rotatable bonds is 3. The van der Waals surface area contributed by atoms with Crippen molar-refractivity contribution in [2.75, 3.05) is 5.32 Å². The topological polar surface area (TPSA) is 71.2 Å². The Balaban J connectivity index is 1.81. The Morgan fingerprint density at radius 1 is 1.04 bits per heavy atom. The van der Waals surface area contributed by atoms with Crippen molar-refractivity contribution < 1.29 is 22.7 Å². The number of aryl methyl sites for hydroxylation is 1. The second-order valence-electron chi connectivity index (χ2n) is 5.99. The molecule has 3 rings (SSSR count). The normalized spacial score (nSPS) is 11.4. The van der Waals surface area contributed by atoms with Crippen LogP contribution in [0, 0.1) is 13.8 Å². The van der Waals surface area contributed by atoms with Gasteiger partial charge in [0, 0.05) is 22.2 Å². The zero-order valence-electron chi connectivity index (χ0n) is 14.4. The third kappa shape index (κ3) is 4.11. The molecule has 0 spiro atoms. The summed E-state index contributed by atoms with van der Waals surface area (Å²) in [6, 6.07) is 9.68. The molecule has 8 heteroatoms. The minimum absolute atomic E-state index is 0.165. The van der Waals surface area contributed by atoms with Crippen molar-refractivity contribution in [3.8, 4) is 5.75 Å². The first-order valence-corrected chi connectivity index (χ1v) is 7.94. The summed E-state index contributed by atoms with van der Waals surface area (Å²) in [6.07, 6.45) is -4.79. The molecule has 5 nitrogen and oxygen atoms in total. The highest BCUT2D eigenvalue weighted by atomic mass is 19.4. The zero-order chi connectivity index (χ0) is 19.8. The Labute approximate surface area is 151 Å². The third-order valence-corrected chi connectivity index (χ3v) is 4.18. The molecule has 27 heavy (non-hydrogen) atoms. The van der Waals surface area contributed by atoms with Gasteiger partial charge in [0.1, 0.15) is 5.75 Å². The summed E-state index contributed by atoms with van der Waals surface area (Å²) in [7, 11) is 0. The van der Waals surface area contributed by atoms with E-state index in [0.717, 1.165) is 23.1 Å². The minimum atomic E-state index is -4.79. The van der Waals surface area contributed by atoms with E-state index in [1.165, 1.54) is 12.1 Å². The lowest BCUT2D eigenvalue weighted by Gasteiger charge is -2.10. The Morgan fingerprint density at radius 3 is 2.33 bits per heavy atom. The fourth-order valence-electron chi connectivity index (χ4n) is 2.65. The number of pyridine rings is 1. The van der Waals surface area contributed by atoms with Gasteiger partial charge in [0.15, 0.2) is 0 Å². The molecule has 1 aromatic heterocycles. The predicted octanol–water partition coefficient (Wildman–Crippen LogP) is 4.30. The van der Waals surface area contributed by atoms with Crippen LogP contribution in [0.25, 0.3) is 10.9 Å². The summed E-state index contributed by atoms with van der Waals surface area (Å²) in [5, 5.41) is 3.51. The quantitative estimate of drug-likeness (QED) is 0.716. The summed E-state index contributed by atoms with van der Waals surface area (Å²) >= 11 is 0. The van der Waals surface area contributed by atoms with Crippen LogP contribution < -0.4 is 15.6 Å². The number of nitrogens with one attached hydrogen (secondary N) is 2. The van der Waals surface area contributed by atoms with Crippen molar-refractivity contribution >= 4 is 22.5 Å². The Kier molecular flexibility index (Phi) is 4.65. The number of aromatic nitrogens is 1. The molecule has 0 saturated carbocycles. The molecule has 0 saturated heterocycles. The van der Waals surface area contributed by atoms with Crippen molar-refractivity contribution in [3.05, 3.63) is 69.5 Å². The number of hydrogen-bond acceptors (Lipinski definition) is 3. The van der Waals surface area contributed by atoms with Crippen molar-refractivity contribution in [3.63, 3.8) is 0 Å². The van der Waals surface area contributed by atoms with Gasteiger partial charge >= 0.3 is 6.36 Å². The number of ether oxygens (including phenoxy) is 1. The molecule has 0 aliphatic heterocycles. The summed E-state index contributed by atoms with van der Waals surface area (Å²) < 4.78 is 40.3. The Hall–Kier alpha value is -3.29. The smallest absolute Gasteiger partial charge is 0.406 e. The van der Waals surface area contributed by atoms with Crippen LogP contribution in [0.2, 0.25) is 0 Å². The third-order valence-electron chi connectivity index (χ3n) is 4.18. The number of aromatic amines is 1. The molecule has 0 unspecified atom stereocenters. The van der Waals surface area contributed by atoms with E-state index >= 15 is 0 Å². The summed E-state index contributed by atoms with van der Waals surface area (Å²) in [4.78, 5) is 26.9. The summed E-state index contributed by atoms with van der Waals surface area (Å²) in [5.74, 6) is -0.910. The van der Waals surface area contributed by atoms with Gasteiger partial charge < -0.3 is 15.0 Å². The van der Waals surface area contributed by atoms with Gasteiger partial charge in [-0.25, -0.2) is 0 Å². The maximum atomic E-state index is 12.3. The summed E-state index contributed by atoms with van der Waals surface area (Å²) in [6.45, 7) is 3.57. The number of halogens is 3. The molecule has 0 aliphatic carbocycles. The van der Waals surface area contributed by atoms with Gasteiger partial charge in [-0.3, -0.25) is 9.59 Å². The zero-order valence-corrected chi connectivity index (χ0v) is 14.4. The number of benzene rings is 2. The van der Waals surface area contributed by atoms with Crippen LogP contribution in [-0.4, -0.2) is 17.3 Å². The first-order valence-electron chi connectivity index (χ1n) is 7.94. The van der Waals surface area contributed by atoms with Gasteiger partial charge in [-0.05, 0) is 55.8 Å². The number of anilines is 1. The van der Waals surface area contributed by atoms with Gasteiger partial charge in [0.25, 0.3) is 11.5 Å². The minimum Gasteiger partial charge on any atom is -0.406 e. The molecule has 0 radical (unpaired) electrons. The monoisotopic (exact) mass is 376 g/mol. The Morgan fingerprint density at radius 2 is 1.70 bits per heavy atom. The van der Waals surface area contributed by atoms with Crippen LogP contribution in [0.5, 0.6) is 5.75 Å². The van der Waals surface area contributed by atoms with E-state index in [2.05, 4.69) is 15.0 Å². The number of amides is 1. The molecule has 0 atom stereocenters. The number of H-pyrrole nitrogens is 1. The largest absolute Gasteiger partial charge is 0.573 e. The SMILES string of the molecule is Cc1c(C)c2ccc(NC(=O)c3ccc(OC(F)(F)F)cc3)cc2[nH]c1=O. The van der Waals surface area contributed by atoms with E-state index in [9.17, 15) is 22.8 Å². The van der Waals surface area contributed by atoms with E-state index in [0.29, 0.717) is 16.8 Å². The fraction of sp³-hybridized carbons (Fsp3) is 0.158. The highest BCUT2D eigenvalue weighted by Gasteiger charge is 2.31. The molecule has 140 valence electrons. The van der Waals surface area contributed by atoms with E-state index in [4.69, 9.17) is 0 Å². The van der Waals surface area contributed by atoms with Gasteiger partial charge in [-0.1, -0.05) is 6.07 Å². The van der Waals surface area contributed by atoms with E-state index < -0.39 is 18.0 Å². The average Bonchev–Trinajstić information content (AvgIpc) is 2.59. The second kappa shape index (κ2) is 6.79. The number of hydrogen-bond donors (Lipinski definition) is 2. The maximum absolute atomic E-state index is 12.3. The first-order chi connectivity index (χ1) is 12.6. The van der Waals surface area contributed by atoms with Crippen LogP contribution in [0.15, 0.2) is 47.3 Å². The molecule has 0 fully saturated rings. The average molecular weight is 376 g/mol. The number of fused-ring (bicyclic) bond motifs is 1. The van der Waals surface area contributed by atoms with Crippen LogP contribution >= 0.6 is 0 Å². The van der Waals surface area contributed by atoms with Crippen LogP contribution in [0.1, 0.15) is 21.5 Å². The lowest BCUT2D eigenvalue weighted by molar-refractivity contribution is -0.274. The molecule has 1 heterocycles. The van der Waals surface area contributed by atoms with Crippen molar-refractivity contribution in [1.29, 1.82) is 0 Å². The number of alkyl halides is 3. The fourth-order valence-corrected chi connectivity index (χ4v) is 2.65. The highest BCUT2D eigenvalue weighted by molar-refractivity contribution is 6.05. The highest BCUT2D eigenvalue weighted by Crippen LogP contribution is 2.24. The Bertz CT molecular complexity index is 1070. The maximum Gasteiger partial charge on any atom is 0.573 e. The lowest BCUT2D eigenvalue weighted by atomic mass is 10.1. The molecular formula is C19H15F3N2O3. The predicted molar refractivity (Wildman–Crippen MR) is 95.1 cm³/mol. The van der Waals surface area contributed by atoms with Crippen molar-refractivity contribution in [1.82, 2.24) is 4.98 Å². The van der Waals surface area contributed by atoms with Gasteiger partial charge in [-0.2, -0.15) is 0 Å². The molecule has 0 bridgehead atoms. The second-order valence-corrected chi connectivity index (χ2v) is 5.99. The van der Waals surface area contributed by atoms with Crippen LogP contribution in [0.3, 0.4) is 0 Å². The summed E-state index contributed by atoms with van der Waals surface area (Å²) in [5.41, 5.74) is 2.46. The molecular weight excluding hydrogens is 361 g/mol. The first kappa shape index (κ1) is 18.5. The number of carbonyl (C=O) groups is 1. The molecule has 2 aromatic carbocycles. The lowest BCUT2D eigenvalue weighted by Crippen LogP contribution is -2.17. The number of carbonyl (C=O) groups excluding carboxylic acids is 1. The van der Waals surface area contributed by atoms with E-state index in [1.807, 2.05) is 6.92 Å². The van der Waals surface area contributed by atoms with Gasteiger partial charge in [0.05, 0.1) is 5.52 Å². The van der Waals surface area contributed by atoms with Crippen molar-refractivity contribution in [2.45, 2.75) is 20.2 Å². The van der Waals surface area contributed by atoms with E-state index in [1.54, 1.807) is 25.1 Å². The molecule has 1 amide bonds. The van der Waals surface area contributed by atoms with Crippen LogP contribution in [0.4, 0.5) is 18.9 Å². The van der Waals surface area contributed by atoms with Crippen molar-refractivity contribution in [2.24, 2.45) is 0 Å². The van der Waals surface area contributed by atoms with E-state index in [-0.39, 0.29) is 11.1 Å².